The summed E-state index contributed by atoms with van der Waals surface area (Å²) in [7, 11) is 0. The van der Waals surface area contributed by atoms with Crippen molar-refractivity contribution in [1.29, 1.82) is 0 Å². The van der Waals surface area contributed by atoms with Gasteiger partial charge in [0.15, 0.2) is 0 Å². The molecular weight excluding hydrogens is 310 g/mol. The van der Waals surface area contributed by atoms with Gasteiger partial charge in [0.1, 0.15) is 0 Å². The van der Waals surface area contributed by atoms with Crippen molar-refractivity contribution in [3.05, 3.63) is 16.1 Å². The molecule has 1 aromatic heterocycles. The van der Waals surface area contributed by atoms with Crippen molar-refractivity contribution >= 4 is 17.4 Å². The highest BCUT2D eigenvalue weighted by atomic mass is 32.1. The zero-order chi connectivity index (χ0) is 17.7. The average molecular weight is 342 g/mol. The highest BCUT2D eigenvalue weighted by Crippen LogP contribution is 2.24. The van der Waals surface area contributed by atoms with Gasteiger partial charge in [-0.05, 0) is 11.8 Å². The minimum atomic E-state index is -0.235. The molecular formula is C17H31N3O2S. The van der Waals surface area contributed by atoms with Crippen LogP contribution in [0.25, 0.3) is 0 Å². The fourth-order valence-corrected chi connectivity index (χ4v) is 3.21. The van der Waals surface area contributed by atoms with Crippen LogP contribution in [0.4, 0.5) is 4.79 Å². The Balaban J connectivity index is 2.37. The molecule has 0 aliphatic rings. The number of thiazole rings is 1. The number of aromatic nitrogens is 1. The largest absolute Gasteiger partial charge is 0.394 e. The maximum Gasteiger partial charge on any atom is 0.315 e. The summed E-state index contributed by atoms with van der Waals surface area (Å²) < 4.78 is 0. The number of hydrogen-bond acceptors (Lipinski definition) is 4. The molecule has 1 aromatic rings. The molecule has 0 aliphatic carbocycles. The van der Waals surface area contributed by atoms with E-state index < -0.39 is 0 Å². The Kier molecular flexibility index (Phi) is 7.02. The van der Waals surface area contributed by atoms with E-state index >= 15 is 0 Å². The molecule has 2 amide bonds. The third-order valence-corrected chi connectivity index (χ3v) is 4.27. The molecule has 1 heterocycles. The van der Waals surface area contributed by atoms with Gasteiger partial charge in [-0.15, -0.1) is 11.3 Å². The first-order valence-corrected chi connectivity index (χ1v) is 8.99. The van der Waals surface area contributed by atoms with E-state index in [-0.39, 0.29) is 29.5 Å². The lowest BCUT2D eigenvalue weighted by Gasteiger charge is -2.25. The van der Waals surface area contributed by atoms with Gasteiger partial charge in [0.25, 0.3) is 0 Å². The van der Waals surface area contributed by atoms with E-state index in [4.69, 9.17) is 0 Å². The van der Waals surface area contributed by atoms with Crippen LogP contribution in [-0.2, 0) is 11.8 Å². The summed E-state index contributed by atoms with van der Waals surface area (Å²) in [5.74, 6) is 0. The van der Waals surface area contributed by atoms with Gasteiger partial charge < -0.3 is 15.7 Å². The smallest absolute Gasteiger partial charge is 0.315 e. The lowest BCUT2D eigenvalue weighted by Crippen LogP contribution is -2.45. The van der Waals surface area contributed by atoms with Crippen molar-refractivity contribution in [2.45, 2.75) is 65.8 Å². The summed E-state index contributed by atoms with van der Waals surface area (Å²) in [6, 6.07) is -0.455. The Morgan fingerprint density at radius 3 is 2.43 bits per heavy atom. The number of carbonyl (C=O) groups excluding carboxylic acids is 1. The molecule has 1 rings (SSSR count). The van der Waals surface area contributed by atoms with Crippen LogP contribution in [0.15, 0.2) is 5.38 Å². The van der Waals surface area contributed by atoms with Crippen molar-refractivity contribution in [3.8, 4) is 0 Å². The Hall–Kier alpha value is -1.14. The molecule has 0 bridgehead atoms. The van der Waals surface area contributed by atoms with Gasteiger partial charge in [-0.1, -0.05) is 41.5 Å². The molecule has 0 saturated carbocycles. The highest BCUT2D eigenvalue weighted by Gasteiger charge is 2.20. The summed E-state index contributed by atoms with van der Waals surface area (Å²) in [4.78, 5) is 16.5. The summed E-state index contributed by atoms with van der Waals surface area (Å²) >= 11 is 1.63. The molecule has 0 radical (unpaired) electrons. The second-order valence-electron chi connectivity index (χ2n) is 8.17. The predicted molar refractivity (Wildman–Crippen MR) is 96.0 cm³/mol. The molecule has 6 heteroatoms. The average Bonchev–Trinajstić information content (AvgIpc) is 2.85. The van der Waals surface area contributed by atoms with Crippen LogP contribution in [0.2, 0.25) is 0 Å². The molecule has 3 N–H and O–H groups in total. The molecule has 0 aliphatic heterocycles. The monoisotopic (exact) mass is 341 g/mol. The lowest BCUT2D eigenvalue weighted by atomic mass is 9.88. The van der Waals surface area contributed by atoms with Crippen LogP contribution in [-0.4, -0.2) is 35.3 Å². The van der Waals surface area contributed by atoms with E-state index in [1.807, 2.05) is 0 Å². The third-order valence-electron chi connectivity index (χ3n) is 3.36. The minimum Gasteiger partial charge on any atom is -0.394 e. The lowest BCUT2D eigenvalue weighted by molar-refractivity contribution is 0.191. The molecule has 132 valence electrons. The summed E-state index contributed by atoms with van der Waals surface area (Å²) in [6.07, 6.45) is 1.45. The number of aliphatic hydroxyl groups is 1. The first-order valence-electron chi connectivity index (χ1n) is 8.11. The fourth-order valence-electron chi connectivity index (χ4n) is 2.19. The number of nitrogens with one attached hydrogen (secondary N) is 2. The molecule has 5 nitrogen and oxygen atoms in total. The van der Waals surface area contributed by atoms with Crippen molar-refractivity contribution < 1.29 is 9.90 Å². The number of hydrogen-bond donors (Lipinski definition) is 3. The topological polar surface area (TPSA) is 74.2 Å². The van der Waals surface area contributed by atoms with Gasteiger partial charge in [0.05, 0.1) is 23.4 Å². The maximum atomic E-state index is 11.9. The Morgan fingerprint density at radius 2 is 1.96 bits per heavy atom. The second kappa shape index (κ2) is 8.11. The first kappa shape index (κ1) is 19.9. The normalized spacial score (nSPS) is 13.7. The molecule has 0 saturated heterocycles. The van der Waals surface area contributed by atoms with Crippen molar-refractivity contribution in [2.24, 2.45) is 5.41 Å². The minimum absolute atomic E-state index is 0.0495. The van der Waals surface area contributed by atoms with Crippen molar-refractivity contribution in [1.82, 2.24) is 15.6 Å². The number of rotatable bonds is 6. The Morgan fingerprint density at radius 1 is 1.30 bits per heavy atom. The molecule has 23 heavy (non-hydrogen) atoms. The van der Waals surface area contributed by atoms with Crippen LogP contribution < -0.4 is 10.6 Å². The number of aliphatic hydroxyl groups excluding tert-OH is 1. The van der Waals surface area contributed by atoms with E-state index in [2.05, 4.69) is 62.5 Å². The molecule has 1 unspecified atom stereocenters. The van der Waals surface area contributed by atoms with Gasteiger partial charge in [0.2, 0.25) is 0 Å². The fraction of sp³-hybridized carbons (Fsp3) is 0.765. The van der Waals surface area contributed by atoms with Crippen LogP contribution in [0.1, 0.15) is 58.7 Å². The standard InChI is InChI=1S/C17H31N3O2S/c1-16(2,3)9-12(10-21)19-15(22)18-8-7-14-20-13(11-23-14)17(4,5)6/h11-12,21H,7-10H2,1-6H3,(H2,18,19,22). The van der Waals surface area contributed by atoms with E-state index in [1.54, 1.807) is 11.3 Å². The molecule has 1 atom stereocenters. The van der Waals surface area contributed by atoms with Gasteiger partial charge in [-0.2, -0.15) is 0 Å². The van der Waals surface area contributed by atoms with Crippen LogP contribution in [0, 0.1) is 5.41 Å². The Bertz CT molecular complexity index is 501. The number of amides is 2. The molecule has 0 fully saturated rings. The SMILES string of the molecule is CC(C)(C)CC(CO)NC(=O)NCCc1nc(C(C)(C)C)cs1. The van der Waals surface area contributed by atoms with Crippen molar-refractivity contribution in [3.63, 3.8) is 0 Å². The van der Waals surface area contributed by atoms with Crippen molar-refractivity contribution in [2.75, 3.05) is 13.2 Å². The van der Waals surface area contributed by atoms with Gasteiger partial charge >= 0.3 is 6.03 Å². The summed E-state index contributed by atoms with van der Waals surface area (Å²) in [5, 5.41) is 18.1. The van der Waals surface area contributed by atoms with E-state index in [0.29, 0.717) is 6.54 Å². The number of carbonyl (C=O) groups is 1. The van der Waals surface area contributed by atoms with E-state index in [1.165, 1.54) is 0 Å². The summed E-state index contributed by atoms with van der Waals surface area (Å²) in [5.41, 5.74) is 1.21. The second-order valence-corrected chi connectivity index (χ2v) is 9.11. The summed E-state index contributed by atoms with van der Waals surface area (Å²) in [6.45, 7) is 13.2. The van der Waals surface area contributed by atoms with Crippen LogP contribution in [0.5, 0.6) is 0 Å². The van der Waals surface area contributed by atoms with Gasteiger partial charge in [-0.3, -0.25) is 0 Å². The third kappa shape index (κ3) is 7.79. The quantitative estimate of drug-likeness (QED) is 0.744. The Labute approximate surface area is 143 Å². The van der Waals surface area contributed by atoms with E-state index in [9.17, 15) is 9.90 Å². The predicted octanol–water partition coefficient (Wildman–Crippen LogP) is 3.08. The zero-order valence-electron chi connectivity index (χ0n) is 15.2. The van der Waals surface area contributed by atoms with Crippen LogP contribution >= 0.6 is 11.3 Å². The van der Waals surface area contributed by atoms with Crippen LogP contribution in [0.3, 0.4) is 0 Å². The number of nitrogens with zero attached hydrogens (tertiary/aromatic N) is 1. The molecule has 0 aromatic carbocycles. The number of urea groups is 1. The highest BCUT2D eigenvalue weighted by molar-refractivity contribution is 7.09. The molecule has 0 spiro atoms. The zero-order valence-corrected chi connectivity index (χ0v) is 16.0. The van der Waals surface area contributed by atoms with E-state index in [0.717, 1.165) is 23.5 Å². The maximum absolute atomic E-state index is 11.9. The van der Waals surface area contributed by atoms with Gasteiger partial charge in [0, 0.05) is 23.8 Å². The van der Waals surface area contributed by atoms with Gasteiger partial charge in [-0.25, -0.2) is 9.78 Å². The first-order chi connectivity index (χ1) is 10.5.